The number of hydrogen-bond donors (Lipinski definition) is 1. The summed E-state index contributed by atoms with van der Waals surface area (Å²) in [6, 6.07) is 27.6. The lowest BCUT2D eigenvalue weighted by Crippen LogP contribution is -2.52. The SMILES string of the molecule is CC[C@@H](C)NC(=O)[C@@H](Cc1ccccc1)N(Cc1ccccc1)C(=O)CCc1ccc(C)cc1. The summed E-state index contributed by atoms with van der Waals surface area (Å²) in [4.78, 5) is 28.9. The highest BCUT2D eigenvalue weighted by atomic mass is 16.2. The third kappa shape index (κ3) is 7.58. The number of benzene rings is 3. The van der Waals surface area contributed by atoms with Gasteiger partial charge in [0.2, 0.25) is 11.8 Å². The fourth-order valence-corrected chi connectivity index (χ4v) is 3.92. The lowest BCUT2D eigenvalue weighted by Gasteiger charge is -2.32. The van der Waals surface area contributed by atoms with Gasteiger partial charge in [-0.25, -0.2) is 0 Å². The molecule has 4 nitrogen and oxygen atoms in total. The van der Waals surface area contributed by atoms with Gasteiger partial charge in [0.1, 0.15) is 6.04 Å². The van der Waals surface area contributed by atoms with Crippen molar-refractivity contribution in [3.8, 4) is 0 Å². The van der Waals surface area contributed by atoms with Gasteiger partial charge in [0.25, 0.3) is 0 Å². The Morgan fingerprint density at radius 3 is 2.00 bits per heavy atom. The standard InChI is InChI=1S/C30H36N2O2/c1-4-24(3)31-30(34)28(21-26-11-7-5-8-12-26)32(22-27-13-9-6-10-14-27)29(33)20-19-25-17-15-23(2)16-18-25/h5-18,24,28H,4,19-22H2,1-3H3,(H,31,34)/t24-,28-/m1/s1. The summed E-state index contributed by atoms with van der Waals surface area (Å²) in [6.45, 7) is 6.50. The van der Waals surface area contributed by atoms with Gasteiger partial charge in [-0.3, -0.25) is 9.59 Å². The first-order chi connectivity index (χ1) is 16.5. The predicted octanol–water partition coefficient (Wildman–Crippen LogP) is 5.48. The van der Waals surface area contributed by atoms with E-state index >= 15 is 0 Å². The molecule has 0 aliphatic rings. The average Bonchev–Trinajstić information content (AvgIpc) is 2.86. The summed E-state index contributed by atoms with van der Waals surface area (Å²) in [5.74, 6) is -0.109. The van der Waals surface area contributed by atoms with Crippen LogP contribution in [0, 0.1) is 6.92 Å². The molecular formula is C30H36N2O2. The second-order valence-electron chi connectivity index (χ2n) is 9.02. The second kappa shape index (κ2) is 12.7. The molecule has 0 saturated heterocycles. The van der Waals surface area contributed by atoms with Gasteiger partial charge in [0.15, 0.2) is 0 Å². The van der Waals surface area contributed by atoms with Gasteiger partial charge in [0, 0.05) is 25.4 Å². The number of carbonyl (C=O) groups is 2. The zero-order valence-corrected chi connectivity index (χ0v) is 20.5. The molecule has 34 heavy (non-hydrogen) atoms. The van der Waals surface area contributed by atoms with E-state index in [9.17, 15) is 9.59 Å². The summed E-state index contributed by atoms with van der Waals surface area (Å²) in [5, 5.41) is 3.12. The van der Waals surface area contributed by atoms with Crippen LogP contribution in [0.25, 0.3) is 0 Å². The molecule has 0 aliphatic carbocycles. The third-order valence-electron chi connectivity index (χ3n) is 6.22. The largest absolute Gasteiger partial charge is 0.352 e. The van der Waals surface area contributed by atoms with Gasteiger partial charge in [-0.15, -0.1) is 0 Å². The summed E-state index contributed by atoms with van der Waals surface area (Å²) in [7, 11) is 0. The molecule has 2 amide bonds. The van der Waals surface area contributed by atoms with Crippen molar-refractivity contribution in [2.24, 2.45) is 0 Å². The summed E-state index contributed by atoms with van der Waals surface area (Å²) < 4.78 is 0. The maximum Gasteiger partial charge on any atom is 0.243 e. The van der Waals surface area contributed by atoms with E-state index < -0.39 is 6.04 Å². The van der Waals surface area contributed by atoms with Crippen molar-refractivity contribution in [1.29, 1.82) is 0 Å². The molecule has 3 aromatic carbocycles. The molecule has 0 spiro atoms. The highest BCUT2D eigenvalue weighted by molar-refractivity contribution is 5.88. The second-order valence-corrected chi connectivity index (χ2v) is 9.02. The molecule has 0 bridgehead atoms. The number of rotatable bonds is 11. The number of hydrogen-bond acceptors (Lipinski definition) is 2. The van der Waals surface area contributed by atoms with Crippen LogP contribution in [0.2, 0.25) is 0 Å². The van der Waals surface area contributed by atoms with Crippen LogP contribution < -0.4 is 5.32 Å². The van der Waals surface area contributed by atoms with E-state index in [0.717, 1.165) is 23.1 Å². The topological polar surface area (TPSA) is 49.4 Å². The van der Waals surface area contributed by atoms with Crippen molar-refractivity contribution in [3.05, 3.63) is 107 Å². The van der Waals surface area contributed by atoms with Crippen LogP contribution in [0.4, 0.5) is 0 Å². The first-order valence-electron chi connectivity index (χ1n) is 12.2. The predicted molar refractivity (Wildman–Crippen MR) is 138 cm³/mol. The zero-order chi connectivity index (χ0) is 24.3. The van der Waals surface area contributed by atoms with Crippen LogP contribution in [0.1, 0.15) is 48.9 Å². The Bertz CT molecular complexity index is 1030. The Morgan fingerprint density at radius 2 is 1.41 bits per heavy atom. The first kappa shape index (κ1) is 25.2. The number of nitrogens with zero attached hydrogens (tertiary/aromatic N) is 1. The van der Waals surface area contributed by atoms with Crippen LogP contribution in [-0.2, 0) is 29.0 Å². The molecule has 0 unspecified atom stereocenters. The van der Waals surface area contributed by atoms with Gasteiger partial charge in [-0.1, -0.05) is 97.4 Å². The summed E-state index contributed by atoms with van der Waals surface area (Å²) >= 11 is 0. The van der Waals surface area contributed by atoms with E-state index in [1.54, 1.807) is 4.90 Å². The van der Waals surface area contributed by atoms with Gasteiger partial charge in [0.05, 0.1) is 0 Å². The van der Waals surface area contributed by atoms with Crippen molar-refractivity contribution < 1.29 is 9.59 Å². The van der Waals surface area contributed by atoms with Crippen molar-refractivity contribution in [2.45, 2.75) is 65.1 Å². The Kier molecular flexibility index (Phi) is 9.45. The minimum Gasteiger partial charge on any atom is -0.352 e. The maximum absolute atomic E-state index is 13.6. The first-order valence-corrected chi connectivity index (χ1v) is 12.2. The third-order valence-corrected chi connectivity index (χ3v) is 6.22. The van der Waals surface area contributed by atoms with E-state index in [-0.39, 0.29) is 17.9 Å². The normalized spacial score (nSPS) is 12.6. The average molecular weight is 457 g/mol. The van der Waals surface area contributed by atoms with E-state index in [1.807, 2.05) is 74.5 Å². The monoisotopic (exact) mass is 456 g/mol. The Balaban J connectivity index is 1.88. The number of nitrogens with one attached hydrogen (secondary N) is 1. The molecular weight excluding hydrogens is 420 g/mol. The van der Waals surface area contributed by atoms with Gasteiger partial charge in [-0.05, 0) is 43.4 Å². The van der Waals surface area contributed by atoms with Gasteiger partial charge >= 0.3 is 0 Å². The molecule has 0 fully saturated rings. The molecule has 1 N–H and O–H groups in total. The molecule has 0 radical (unpaired) electrons. The quantitative estimate of drug-likeness (QED) is 0.415. The van der Waals surface area contributed by atoms with Crippen LogP contribution >= 0.6 is 0 Å². The highest BCUT2D eigenvalue weighted by Crippen LogP contribution is 2.17. The van der Waals surface area contributed by atoms with Crippen LogP contribution in [0.3, 0.4) is 0 Å². The van der Waals surface area contributed by atoms with E-state index in [4.69, 9.17) is 0 Å². The minimum absolute atomic E-state index is 0.00957. The zero-order valence-electron chi connectivity index (χ0n) is 20.5. The molecule has 2 atom stereocenters. The number of carbonyl (C=O) groups excluding carboxylic acids is 2. The molecule has 0 aliphatic heterocycles. The summed E-state index contributed by atoms with van der Waals surface area (Å²) in [6.07, 6.45) is 2.32. The molecule has 3 aromatic rings. The lowest BCUT2D eigenvalue weighted by atomic mass is 10.0. The fraction of sp³-hybridized carbons (Fsp3) is 0.333. The number of amides is 2. The Labute approximate surface area is 204 Å². The van der Waals surface area contributed by atoms with Gasteiger partial charge < -0.3 is 10.2 Å². The maximum atomic E-state index is 13.6. The molecule has 178 valence electrons. The Morgan fingerprint density at radius 1 is 0.824 bits per heavy atom. The lowest BCUT2D eigenvalue weighted by molar-refractivity contribution is -0.141. The highest BCUT2D eigenvalue weighted by Gasteiger charge is 2.30. The fourth-order valence-electron chi connectivity index (χ4n) is 3.92. The molecule has 0 saturated carbocycles. The Hall–Kier alpha value is -3.40. The molecule has 4 heteroatoms. The molecule has 0 heterocycles. The van der Waals surface area contributed by atoms with Crippen molar-refractivity contribution in [3.63, 3.8) is 0 Å². The smallest absolute Gasteiger partial charge is 0.243 e. The van der Waals surface area contributed by atoms with E-state index in [1.165, 1.54) is 5.56 Å². The van der Waals surface area contributed by atoms with Crippen molar-refractivity contribution in [2.75, 3.05) is 0 Å². The van der Waals surface area contributed by atoms with Crippen LogP contribution in [0.5, 0.6) is 0 Å². The number of aryl methyl sites for hydroxylation is 2. The van der Waals surface area contributed by atoms with Crippen LogP contribution in [-0.4, -0.2) is 28.8 Å². The van der Waals surface area contributed by atoms with E-state index in [2.05, 4.69) is 36.5 Å². The van der Waals surface area contributed by atoms with Crippen LogP contribution in [0.15, 0.2) is 84.9 Å². The van der Waals surface area contributed by atoms with Crippen molar-refractivity contribution >= 4 is 11.8 Å². The van der Waals surface area contributed by atoms with Crippen molar-refractivity contribution in [1.82, 2.24) is 10.2 Å². The molecule has 3 rings (SSSR count). The minimum atomic E-state index is -0.581. The molecule has 0 aromatic heterocycles. The van der Waals surface area contributed by atoms with E-state index in [0.29, 0.717) is 25.8 Å². The van der Waals surface area contributed by atoms with Gasteiger partial charge in [-0.2, -0.15) is 0 Å². The summed E-state index contributed by atoms with van der Waals surface area (Å²) in [5.41, 5.74) is 4.38.